The molecule has 1 saturated carbocycles. The van der Waals surface area contributed by atoms with Crippen LogP contribution in [0.25, 0.3) is 0 Å². The summed E-state index contributed by atoms with van der Waals surface area (Å²) in [7, 11) is 1.73. The van der Waals surface area contributed by atoms with Crippen LogP contribution in [0, 0.1) is 17.8 Å². The Morgan fingerprint density at radius 3 is 2.48 bits per heavy atom. The number of carbonyl (C=O) groups is 1. The number of rotatable bonds is 13. The minimum atomic E-state index is -1.09. The van der Waals surface area contributed by atoms with Crippen molar-refractivity contribution < 1.29 is 18.5 Å². The van der Waals surface area contributed by atoms with Gasteiger partial charge in [-0.2, -0.15) is 0 Å². The molecule has 2 aliphatic rings. The number of hydrogen-bond acceptors (Lipinski definition) is 5. The number of alkyl halides is 1. The van der Waals surface area contributed by atoms with E-state index in [1.54, 1.807) is 13.3 Å². The van der Waals surface area contributed by atoms with Gasteiger partial charge in [-0.1, -0.05) is 26.3 Å². The maximum Gasteiger partial charge on any atom is 0.233 e. The van der Waals surface area contributed by atoms with E-state index in [4.69, 9.17) is 16.2 Å². The van der Waals surface area contributed by atoms with Crippen LogP contribution >= 0.6 is 0 Å². The van der Waals surface area contributed by atoms with Crippen molar-refractivity contribution in [3.63, 3.8) is 0 Å². The fourth-order valence-corrected chi connectivity index (χ4v) is 4.96. The molecule has 1 heterocycles. The molecule has 1 amide bonds. The lowest BCUT2D eigenvalue weighted by Crippen LogP contribution is -2.62. The number of amides is 1. The number of carbonyl (C=O) groups excluding carboxylic acids is 1. The highest BCUT2D eigenvalue weighted by molar-refractivity contribution is 5.80. The molecule has 8 heteroatoms. The van der Waals surface area contributed by atoms with Gasteiger partial charge in [0.1, 0.15) is 12.5 Å². The highest BCUT2D eigenvalue weighted by Crippen LogP contribution is 2.42. The second-order valence-corrected chi connectivity index (χ2v) is 9.73. The molecule has 6 atom stereocenters. The third kappa shape index (κ3) is 7.84. The standard InChI is InChI=1S/C25H46FN5O2/c1-6-11-31(15-18(26)8-3)20(12-16(4)7-2)23(24(27)28)25(32)30-19-13-29-14-21(33-5)22(19)17-9-10-17/h12,15,17-24,29H,6-11,13-14,27-28H2,1-5H3/p+1. The molecular formula is C25H47FN5O2+. The van der Waals surface area contributed by atoms with Gasteiger partial charge >= 0.3 is 0 Å². The van der Waals surface area contributed by atoms with Crippen LogP contribution in [0.4, 0.5) is 4.39 Å². The Balaban J connectivity index is 2.36. The van der Waals surface area contributed by atoms with Crippen LogP contribution in [0.15, 0.2) is 11.6 Å². The molecule has 33 heavy (non-hydrogen) atoms. The molecule has 0 spiro atoms. The summed E-state index contributed by atoms with van der Waals surface area (Å²) in [5, 5.41) is 6.66. The molecule has 2 rings (SSSR count). The maximum absolute atomic E-state index is 14.4. The number of nitrogens with two attached hydrogens (primary N) is 2. The summed E-state index contributed by atoms with van der Waals surface area (Å²) < 4.78 is 22.1. The zero-order valence-electron chi connectivity index (χ0n) is 21.2. The first-order valence-corrected chi connectivity index (χ1v) is 12.7. The number of ether oxygens (including phenoxy) is 1. The fraction of sp³-hybridized carbons (Fsp3) is 0.840. The first-order valence-electron chi connectivity index (χ1n) is 12.7. The Labute approximate surface area is 199 Å². The highest BCUT2D eigenvalue weighted by atomic mass is 19.1. The van der Waals surface area contributed by atoms with Crippen LogP contribution < -0.4 is 22.1 Å². The zero-order valence-corrected chi connectivity index (χ0v) is 21.2. The summed E-state index contributed by atoms with van der Waals surface area (Å²) in [6.07, 6.45) is 6.14. The van der Waals surface area contributed by atoms with Gasteiger partial charge < -0.3 is 26.8 Å². The van der Waals surface area contributed by atoms with Gasteiger partial charge in [-0.3, -0.25) is 4.79 Å². The van der Waals surface area contributed by atoms with Gasteiger partial charge in [0.2, 0.25) is 5.91 Å². The van der Waals surface area contributed by atoms with E-state index in [0.29, 0.717) is 25.4 Å². The monoisotopic (exact) mass is 468 g/mol. The predicted octanol–water partition coefficient (Wildman–Crippen LogP) is 1.94. The Morgan fingerprint density at radius 1 is 1.27 bits per heavy atom. The van der Waals surface area contributed by atoms with Gasteiger partial charge in [0, 0.05) is 38.6 Å². The van der Waals surface area contributed by atoms with Gasteiger partial charge in [0.25, 0.3) is 0 Å². The highest BCUT2D eigenvalue weighted by Gasteiger charge is 2.46. The number of nitrogens with one attached hydrogen (secondary N) is 2. The quantitative estimate of drug-likeness (QED) is 0.143. The summed E-state index contributed by atoms with van der Waals surface area (Å²) in [5.74, 6) is -0.0334. The second kappa shape index (κ2) is 13.5. The number of allylic oxidation sites excluding steroid dienone is 1. The van der Waals surface area contributed by atoms with E-state index in [9.17, 15) is 9.18 Å². The summed E-state index contributed by atoms with van der Waals surface area (Å²) in [5.41, 5.74) is 13.6. The Kier molecular flexibility index (Phi) is 11.4. The van der Waals surface area contributed by atoms with E-state index in [2.05, 4.69) is 17.6 Å². The number of piperidine rings is 1. The van der Waals surface area contributed by atoms with Crippen LogP contribution in [-0.4, -0.2) is 74.0 Å². The van der Waals surface area contributed by atoms with Gasteiger partial charge in [0.15, 0.2) is 18.4 Å². The van der Waals surface area contributed by atoms with Gasteiger partial charge in [-0.15, -0.1) is 0 Å². The average Bonchev–Trinajstić information content (AvgIpc) is 3.62. The van der Waals surface area contributed by atoms with Crippen LogP contribution in [0.3, 0.4) is 0 Å². The molecule has 7 nitrogen and oxygen atoms in total. The summed E-state index contributed by atoms with van der Waals surface area (Å²) >= 11 is 0. The molecule has 1 saturated heterocycles. The first kappa shape index (κ1) is 27.9. The van der Waals surface area contributed by atoms with Crippen molar-refractivity contribution in [3.05, 3.63) is 11.6 Å². The van der Waals surface area contributed by atoms with Crippen LogP contribution in [-0.2, 0) is 9.53 Å². The Hall–Kier alpha value is -1.35. The topological polar surface area (TPSA) is 105 Å². The number of halogens is 1. The third-order valence-electron chi connectivity index (χ3n) is 7.11. The SMILES string of the molecule is CCC[N+](=CC(F)CC)C(C=C(C)CC)C(C(=O)NC1CNCC(OC)C1C1CC1)C(N)N. The first-order chi connectivity index (χ1) is 15.8. The second-order valence-electron chi connectivity index (χ2n) is 9.73. The molecule has 6 unspecified atom stereocenters. The molecule has 6 N–H and O–H groups in total. The van der Waals surface area contributed by atoms with Crippen molar-refractivity contribution in [1.29, 1.82) is 0 Å². The molecular weight excluding hydrogens is 421 g/mol. The maximum atomic E-state index is 14.4. The van der Waals surface area contributed by atoms with E-state index in [1.807, 2.05) is 31.4 Å². The van der Waals surface area contributed by atoms with Crippen molar-refractivity contribution in [2.45, 2.75) is 90.3 Å². The Bertz CT molecular complexity index is 680. The largest absolute Gasteiger partial charge is 0.380 e. The van der Waals surface area contributed by atoms with E-state index in [-0.39, 0.29) is 24.0 Å². The number of methoxy groups -OCH3 is 1. The lowest BCUT2D eigenvalue weighted by atomic mass is 9.84. The van der Waals surface area contributed by atoms with E-state index >= 15 is 0 Å². The molecule has 0 aromatic carbocycles. The van der Waals surface area contributed by atoms with Crippen LogP contribution in [0.5, 0.6) is 0 Å². The van der Waals surface area contributed by atoms with E-state index in [1.165, 1.54) is 12.8 Å². The minimum absolute atomic E-state index is 0.0463. The lowest BCUT2D eigenvalue weighted by Gasteiger charge is -2.39. The minimum Gasteiger partial charge on any atom is -0.380 e. The van der Waals surface area contributed by atoms with Crippen LogP contribution in [0.2, 0.25) is 0 Å². The molecule has 190 valence electrons. The van der Waals surface area contributed by atoms with Gasteiger partial charge in [-0.25, -0.2) is 8.97 Å². The molecule has 1 aliphatic heterocycles. The Morgan fingerprint density at radius 2 is 1.97 bits per heavy atom. The molecule has 0 bridgehead atoms. The number of hydrogen-bond donors (Lipinski definition) is 4. The number of nitrogens with zero attached hydrogens (tertiary/aromatic N) is 1. The smallest absolute Gasteiger partial charge is 0.233 e. The fourth-order valence-electron chi connectivity index (χ4n) is 4.96. The molecule has 0 radical (unpaired) electrons. The zero-order chi connectivity index (χ0) is 24.5. The third-order valence-corrected chi connectivity index (χ3v) is 7.11. The average molecular weight is 469 g/mol. The van der Waals surface area contributed by atoms with Gasteiger partial charge in [-0.05, 0) is 44.6 Å². The van der Waals surface area contributed by atoms with Gasteiger partial charge in [0.05, 0.1) is 12.3 Å². The summed E-state index contributed by atoms with van der Waals surface area (Å²) in [4.78, 5) is 13.7. The molecule has 0 aromatic heterocycles. The molecule has 0 aromatic rings. The van der Waals surface area contributed by atoms with Crippen molar-refractivity contribution in [2.24, 2.45) is 29.2 Å². The normalized spacial score (nSPS) is 27.4. The predicted molar refractivity (Wildman–Crippen MR) is 132 cm³/mol. The van der Waals surface area contributed by atoms with Crippen molar-refractivity contribution in [2.75, 3.05) is 26.7 Å². The summed E-state index contributed by atoms with van der Waals surface area (Å²) in [6, 6.07) is -0.459. The van der Waals surface area contributed by atoms with Crippen molar-refractivity contribution in [1.82, 2.24) is 10.6 Å². The lowest BCUT2D eigenvalue weighted by molar-refractivity contribution is -0.558. The van der Waals surface area contributed by atoms with Crippen molar-refractivity contribution >= 4 is 12.1 Å². The van der Waals surface area contributed by atoms with E-state index < -0.39 is 24.3 Å². The molecule has 1 aliphatic carbocycles. The van der Waals surface area contributed by atoms with Crippen LogP contribution in [0.1, 0.15) is 59.8 Å². The van der Waals surface area contributed by atoms with E-state index in [0.717, 1.165) is 25.0 Å². The summed E-state index contributed by atoms with van der Waals surface area (Å²) in [6.45, 7) is 10.1. The van der Waals surface area contributed by atoms with Crippen molar-refractivity contribution in [3.8, 4) is 0 Å². The molecule has 2 fully saturated rings.